The number of hydrogen-bond acceptors (Lipinski definition) is 4. The number of rotatable bonds is 5. The Morgan fingerprint density at radius 1 is 1.33 bits per heavy atom. The van der Waals surface area contributed by atoms with Crippen molar-refractivity contribution in [3.63, 3.8) is 0 Å². The quantitative estimate of drug-likeness (QED) is 0.709. The van der Waals surface area contributed by atoms with E-state index in [1.807, 2.05) is 24.1 Å². The Kier molecular flexibility index (Phi) is 9.12. The maximum Gasteiger partial charge on any atom is 0.319 e. The first-order chi connectivity index (χ1) is 9.33. The van der Waals surface area contributed by atoms with Crippen LogP contribution in [0.4, 0.5) is 5.69 Å². The summed E-state index contributed by atoms with van der Waals surface area (Å²) in [5.74, 6) is -0.451. The number of anilines is 1. The minimum Gasteiger partial charge on any atom is -0.468 e. The predicted octanol–water partition coefficient (Wildman–Crippen LogP) is 3.20. The molecule has 1 aromatic carbocycles. The lowest BCUT2D eigenvalue weighted by molar-refractivity contribution is -0.141. The Balaban J connectivity index is 0.00000400. The molecule has 0 aliphatic heterocycles. The fourth-order valence-electron chi connectivity index (χ4n) is 1.70. The van der Waals surface area contributed by atoms with Crippen LogP contribution in [-0.4, -0.2) is 37.5 Å². The fourth-order valence-corrected chi connectivity index (χ4v) is 3.11. The summed E-state index contributed by atoms with van der Waals surface area (Å²) in [5.41, 5.74) is 1.60. The monoisotopic (exact) mass is 442 g/mol. The topological polar surface area (TPSA) is 58.6 Å². The predicted molar refractivity (Wildman–Crippen MR) is 91.7 cm³/mol. The van der Waals surface area contributed by atoms with Crippen LogP contribution in [0.25, 0.3) is 0 Å². The molecule has 0 saturated heterocycles. The van der Waals surface area contributed by atoms with Crippen molar-refractivity contribution >= 4 is 61.8 Å². The standard InChI is InChI=1S/C13H16Br2N2O3.ClH/c1-8(18)16-13-9(4-10(14)5-11(13)15)6-17(2)7-12(19)20-3;/h4-5H,6-7H2,1-3H3,(H,16,18);1H. The van der Waals surface area contributed by atoms with Crippen molar-refractivity contribution in [3.8, 4) is 0 Å². The number of benzene rings is 1. The van der Waals surface area contributed by atoms with Crippen molar-refractivity contribution in [2.45, 2.75) is 13.5 Å². The number of esters is 1. The molecular weight excluding hydrogens is 427 g/mol. The Bertz CT molecular complexity index is 526. The largest absolute Gasteiger partial charge is 0.468 e. The Hall–Kier alpha value is -0.630. The van der Waals surface area contributed by atoms with E-state index in [0.29, 0.717) is 12.2 Å². The van der Waals surface area contributed by atoms with E-state index in [-0.39, 0.29) is 30.8 Å². The first kappa shape index (κ1) is 20.4. The lowest BCUT2D eigenvalue weighted by atomic mass is 10.1. The van der Waals surface area contributed by atoms with Gasteiger partial charge >= 0.3 is 5.97 Å². The van der Waals surface area contributed by atoms with Gasteiger partial charge in [0.05, 0.1) is 19.3 Å². The van der Waals surface area contributed by atoms with Gasteiger partial charge in [-0.15, -0.1) is 12.4 Å². The van der Waals surface area contributed by atoms with Gasteiger partial charge in [-0.3, -0.25) is 14.5 Å². The molecule has 0 bridgehead atoms. The summed E-state index contributed by atoms with van der Waals surface area (Å²) in [5, 5.41) is 2.79. The second-order valence-corrected chi connectivity index (χ2v) is 6.12. The molecule has 0 saturated carbocycles. The molecule has 1 aromatic rings. The Morgan fingerprint density at radius 2 is 1.95 bits per heavy atom. The molecule has 21 heavy (non-hydrogen) atoms. The van der Waals surface area contributed by atoms with E-state index < -0.39 is 0 Å². The van der Waals surface area contributed by atoms with Crippen molar-refractivity contribution in [2.75, 3.05) is 26.0 Å². The van der Waals surface area contributed by atoms with E-state index in [4.69, 9.17) is 0 Å². The summed E-state index contributed by atoms with van der Waals surface area (Å²) in [7, 11) is 3.16. The van der Waals surface area contributed by atoms with Gasteiger partial charge in [0.25, 0.3) is 0 Å². The van der Waals surface area contributed by atoms with Crippen molar-refractivity contribution in [1.82, 2.24) is 4.90 Å². The fraction of sp³-hybridized carbons (Fsp3) is 0.385. The molecule has 0 aliphatic rings. The summed E-state index contributed by atoms with van der Waals surface area (Å²) < 4.78 is 6.30. The van der Waals surface area contributed by atoms with E-state index in [1.165, 1.54) is 14.0 Å². The molecule has 0 heterocycles. The van der Waals surface area contributed by atoms with Crippen LogP contribution in [0.15, 0.2) is 21.1 Å². The van der Waals surface area contributed by atoms with E-state index in [1.54, 1.807) is 0 Å². The first-order valence-electron chi connectivity index (χ1n) is 5.84. The van der Waals surface area contributed by atoms with Gasteiger partial charge in [0, 0.05) is 22.4 Å². The molecule has 0 aliphatic carbocycles. The molecule has 1 N–H and O–H groups in total. The second-order valence-electron chi connectivity index (χ2n) is 4.35. The molecule has 1 rings (SSSR count). The molecule has 0 fully saturated rings. The van der Waals surface area contributed by atoms with E-state index in [2.05, 4.69) is 41.9 Å². The Labute approximate surface area is 147 Å². The van der Waals surface area contributed by atoms with Crippen molar-refractivity contribution < 1.29 is 14.3 Å². The van der Waals surface area contributed by atoms with Gasteiger partial charge in [0.2, 0.25) is 5.91 Å². The van der Waals surface area contributed by atoms with E-state index in [9.17, 15) is 9.59 Å². The number of halogens is 3. The third kappa shape index (κ3) is 6.78. The number of hydrogen-bond donors (Lipinski definition) is 1. The summed E-state index contributed by atoms with van der Waals surface area (Å²) in [6, 6.07) is 3.76. The van der Waals surface area contributed by atoms with E-state index >= 15 is 0 Å². The molecule has 0 unspecified atom stereocenters. The summed E-state index contributed by atoms with van der Waals surface area (Å²) >= 11 is 6.84. The van der Waals surface area contributed by atoms with Crippen LogP contribution in [0.3, 0.4) is 0 Å². The van der Waals surface area contributed by atoms with Gasteiger partial charge in [-0.1, -0.05) is 15.9 Å². The number of likely N-dealkylation sites (N-methyl/N-ethyl adjacent to an activating group) is 1. The maximum absolute atomic E-state index is 11.3. The van der Waals surface area contributed by atoms with Crippen LogP contribution in [0.1, 0.15) is 12.5 Å². The van der Waals surface area contributed by atoms with Crippen LogP contribution in [-0.2, 0) is 20.9 Å². The number of nitrogens with zero attached hydrogens (tertiary/aromatic N) is 1. The van der Waals surface area contributed by atoms with Crippen molar-refractivity contribution in [1.29, 1.82) is 0 Å². The zero-order valence-corrected chi connectivity index (χ0v) is 15.9. The average molecular weight is 445 g/mol. The zero-order chi connectivity index (χ0) is 15.3. The molecular formula is C13H17Br2ClN2O3. The molecule has 0 spiro atoms. The van der Waals surface area contributed by atoms with Gasteiger partial charge in [0.1, 0.15) is 0 Å². The van der Waals surface area contributed by atoms with Crippen LogP contribution < -0.4 is 5.32 Å². The molecule has 1 amide bonds. The number of nitrogens with one attached hydrogen (secondary N) is 1. The molecule has 118 valence electrons. The minimum atomic E-state index is -0.303. The highest BCUT2D eigenvalue weighted by atomic mass is 79.9. The van der Waals surface area contributed by atoms with Crippen molar-refractivity contribution in [2.24, 2.45) is 0 Å². The van der Waals surface area contributed by atoms with Gasteiger partial charge in [-0.2, -0.15) is 0 Å². The van der Waals surface area contributed by atoms with Gasteiger partial charge < -0.3 is 10.1 Å². The Morgan fingerprint density at radius 3 is 2.48 bits per heavy atom. The van der Waals surface area contributed by atoms with Gasteiger partial charge in [-0.05, 0) is 40.7 Å². The summed E-state index contributed by atoms with van der Waals surface area (Å²) in [6.45, 7) is 2.14. The average Bonchev–Trinajstić information content (AvgIpc) is 2.32. The third-order valence-corrected chi connectivity index (χ3v) is 3.59. The van der Waals surface area contributed by atoms with Crippen molar-refractivity contribution in [3.05, 3.63) is 26.6 Å². The molecule has 0 atom stereocenters. The normalized spacial score (nSPS) is 10.0. The van der Waals surface area contributed by atoms with E-state index in [0.717, 1.165) is 14.5 Å². The second kappa shape index (κ2) is 9.40. The highest BCUT2D eigenvalue weighted by Crippen LogP contribution is 2.31. The van der Waals surface area contributed by atoms with Crippen LogP contribution in [0, 0.1) is 0 Å². The first-order valence-corrected chi connectivity index (χ1v) is 7.43. The SMILES string of the molecule is COC(=O)CN(C)Cc1cc(Br)cc(Br)c1NC(C)=O.Cl. The molecule has 0 radical (unpaired) electrons. The summed E-state index contributed by atoms with van der Waals surface area (Å²) in [4.78, 5) is 24.3. The molecule has 8 heteroatoms. The number of carbonyl (C=O) groups excluding carboxylic acids is 2. The highest BCUT2D eigenvalue weighted by Gasteiger charge is 2.14. The van der Waals surface area contributed by atoms with Gasteiger partial charge in [0.15, 0.2) is 0 Å². The third-order valence-electron chi connectivity index (χ3n) is 2.50. The van der Waals surface area contributed by atoms with Crippen LogP contribution in [0.5, 0.6) is 0 Å². The lowest BCUT2D eigenvalue weighted by Crippen LogP contribution is -2.27. The number of methoxy groups -OCH3 is 1. The smallest absolute Gasteiger partial charge is 0.319 e. The number of carbonyl (C=O) groups is 2. The zero-order valence-electron chi connectivity index (χ0n) is 11.9. The van der Waals surface area contributed by atoms with Crippen LogP contribution >= 0.6 is 44.3 Å². The highest BCUT2D eigenvalue weighted by molar-refractivity contribution is 9.11. The molecule has 5 nitrogen and oxygen atoms in total. The maximum atomic E-state index is 11.3. The van der Waals surface area contributed by atoms with Gasteiger partial charge in [-0.25, -0.2) is 0 Å². The lowest BCUT2D eigenvalue weighted by Gasteiger charge is -2.19. The van der Waals surface area contributed by atoms with Crippen LogP contribution in [0.2, 0.25) is 0 Å². The minimum absolute atomic E-state index is 0. The molecule has 0 aromatic heterocycles. The number of ether oxygens (including phenoxy) is 1. The number of amides is 1. The summed E-state index contributed by atoms with van der Waals surface area (Å²) in [6.07, 6.45) is 0.